The van der Waals surface area contributed by atoms with E-state index in [-0.39, 0.29) is 11.7 Å². The molecule has 1 aliphatic heterocycles. The third kappa shape index (κ3) is 2.17. The van der Waals surface area contributed by atoms with Crippen LogP contribution in [0.25, 0.3) is 0 Å². The minimum Gasteiger partial charge on any atom is -0.296 e. The molecule has 5 heteroatoms. The molecule has 15 heavy (non-hydrogen) atoms. The van der Waals surface area contributed by atoms with Gasteiger partial charge in [0.05, 0.1) is 6.20 Å². The molecule has 1 unspecified atom stereocenters. The van der Waals surface area contributed by atoms with Gasteiger partial charge in [-0.1, -0.05) is 15.9 Å². The Morgan fingerprint density at radius 3 is 2.93 bits per heavy atom. The first kappa shape index (κ1) is 10.5. The second-order valence-electron chi connectivity index (χ2n) is 3.56. The molecule has 1 aromatic rings. The van der Waals surface area contributed by atoms with Crippen LogP contribution in [0.5, 0.6) is 0 Å². The molecule has 1 aromatic heterocycles. The Hall–Kier alpha value is -0.970. The van der Waals surface area contributed by atoms with Gasteiger partial charge in [-0.15, -0.1) is 0 Å². The van der Waals surface area contributed by atoms with Crippen molar-refractivity contribution in [1.29, 1.82) is 0 Å². The molecule has 0 radical (unpaired) electrons. The van der Waals surface area contributed by atoms with E-state index < -0.39 is 0 Å². The van der Waals surface area contributed by atoms with Crippen molar-refractivity contribution in [2.24, 2.45) is 5.92 Å². The van der Waals surface area contributed by atoms with Gasteiger partial charge in [-0.3, -0.25) is 9.69 Å². The lowest BCUT2D eigenvalue weighted by Crippen LogP contribution is -2.25. The molecule has 0 aliphatic carbocycles. The molecule has 0 spiro atoms. The van der Waals surface area contributed by atoms with Crippen LogP contribution in [0.1, 0.15) is 6.42 Å². The number of nitrogens with zero attached hydrogens (tertiary/aromatic N) is 2. The normalized spacial score (nSPS) is 21.1. The van der Waals surface area contributed by atoms with Crippen LogP contribution in [0.4, 0.5) is 10.2 Å². The number of hydrogen-bond acceptors (Lipinski definition) is 2. The fourth-order valence-electron chi connectivity index (χ4n) is 1.63. The summed E-state index contributed by atoms with van der Waals surface area (Å²) in [4.78, 5) is 17.1. The second-order valence-corrected chi connectivity index (χ2v) is 4.21. The van der Waals surface area contributed by atoms with Crippen molar-refractivity contribution >= 4 is 27.7 Å². The zero-order chi connectivity index (χ0) is 10.8. The maximum absolute atomic E-state index is 12.6. The van der Waals surface area contributed by atoms with Crippen LogP contribution in [0.15, 0.2) is 18.3 Å². The van der Waals surface area contributed by atoms with Crippen molar-refractivity contribution in [3.8, 4) is 0 Å². The highest BCUT2D eigenvalue weighted by molar-refractivity contribution is 9.09. The van der Waals surface area contributed by atoms with Gasteiger partial charge in [-0.2, -0.15) is 0 Å². The van der Waals surface area contributed by atoms with Gasteiger partial charge in [0.1, 0.15) is 11.6 Å². The molecular weight excluding hydrogens is 263 g/mol. The summed E-state index contributed by atoms with van der Waals surface area (Å²) in [5.74, 6) is 0.523. The molecule has 3 nitrogen and oxygen atoms in total. The molecular formula is C10H10BrFN2O. The van der Waals surface area contributed by atoms with Crippen molar-refractivity contribution in [1.82, 2.24) is 4.98 Å². The van der Waals surface area contributed by atoms with Gasteiger partial charge in [0.15, 0.2) is 0 Å². The van der Waals surface area contributed by atoms with Gasteiger partial charge >= 0.3 is 0 Å². The number of carbonyl (C=O) groups is 1. The molecule has 1 fully saturated rings. The predicted octanol–water partition coefficient (Wildman–Crippen LogP) is 1.97. The highest BCUT2D eigenvalue weighted by Crippen LogP contribution is 2.24. The summed E-state index contributed by atoms with van der Waals surface area (Å²) < 4.78 is 12.6. The monoisotopic (exact) mass is 272 g/mol. The first-order valence-corrected chi connectivity index (χ1v) is 5.80. The molecule has 0 aromatic carbocycles. The smallest absolute Gasteiger partial charge is 0.228 e. The number of aromatic nitrogens is 1. The third-order valence-electron chi connectivity index (χ3n) is 2.41. The van der Waals surface area contributed by atoms with E-state index in [2.05, 4.69) is 20.9 Å². The van der Waals surface area contributed by atoms with E-state index in [0.717, 1.165) is 11.5 Å². The first-order valence-electron chi connectivity index (χ1n) is 4.68. The maximum Gasteiger partial charge on any atom is 0.228 e. The van der Waals surface area contributed by atoms with Crippen molar-refractivity contribution < 1.29 is 9.18 Å². The van der Waals surface area contributed by atoms with Crippen molar-refractivity contribution in [2.45, 2.75) is 6.42 Å². The standard InChI is InChI=1S/C10H10BrFN2O/c11-4-7-3-10(15)14(6-7)9-2-1-8(12)5-13-9/h1-2,5,7H,3-4,6H2. The minimum atomic E-state index is -0.387. The van der Waals surface area contributed by atoms with E-state index in [4.69, 9.17) is 0 Å². The summed E-state index contributed by atoms with van der Waals surface area (Å²) in [6, 6.07) is 2.85. The Balaban J connectivity index is 2.18. The van der Waals surface area contributed by atoms with E-state index in [1.165, 1.54) is 12.1 Å². The Bertz CT molecular complexity index is 368. The van der Waals surface area contributed by atoms with Crippen molar-refractivity contribution in [3.63, 3.8) is 0 Å². The van der Waals surface area contributed by atoms with Crippen molar-refractivity contribution in [2.75, 3.05) is 16.8 Å². The van der Waals surface area contributed by atoms with Gasteiger partial charge in [-0.25, -0.2) is 9.37 Å². The largest absolute Gasteiger partial charge is 0.296 e. The van der Waals surface area contributed by atoms with Gasteiger partial charge in [0.2, 0.25) is 5.91 Å². The summed E-state index contributed by atoms with van der Waals surface area (Å²) in [7, 11) is 0. The van der Waals surface area contributed by atoms with Crippen LogP contribution < -0.4 is 4.90 Å². The van der Waals surface area contributed by atoms with Gasteiger partial charge in [-0.05, 0) is 18.1 Å². The average Bonchev–Trinajstić information content (AvgIpc) is 2.61. The number of carbonyl (C=O) groups excluding carboxylic acids is 1. The molecule has 0 N–H and O–H groups in total. The van der Waals surface area contributed by atoms with Crippen LogP contribution in [-0.2, 0) is 4.79 Å². The van der Waals surface area contributed by atoms with Crippen LogP contribution >= 0.6 is 15.9 Å². The number of halogens is 2. The molecule has 0 bridgehead atoms. The van der Waals surface area contributed by atoms with E-state index >= 15 is 0 Å². The topological polar surface area (TPSA) is 33.2 Å². The molecule has 1 aliphatic rings. The summed E-state index contributed by atoms with van der Waals surface area (Å²) in [5.41, 5.74) is 0. The lowest BCUT2D eigenvalue weighted by Gasteiger charge is -2.14. The molecule has 0 saturated carbocycles. The van der Waals surface area contributed by atoms with E-state index in [0.29, 0.717) is 24.7 Å². The summed E-state index contributed by atoms with van der Waals surface area (Å²) in [6.45, 7) is 0.655. The van der Waals surface area contributed by atoms with Crippen molar-refractivity contribution in [3.05, 3.63) is 24.1 Å². The third-order valence-corrected chi connectivity index (χ3v) is 3.33. The van der Waals surface area contributed by atoms with Gasteiger partial charge in [0, 0.05) is 18.3 Å². The van der Waals surface area contributed by atoms with Gasteiger partial charge in [0.25, 0.3) is 0 Å². The zero-order valence-electron chi connectivity index (χ0n) is 7.99. The fourth-order valence-corrected chi connectivity index (χ4v) is 2.07. The van der Waals surface area contributed by atoms with Crippen LogP contribution in [0, 0.1) is 11.7 Å². The molecule has 1 atom stereocenters. The number of amides is 1. The number of pyridine rings is 1. The lowest BCUT2D eigenvalue weighted by atomic mass is 10.2. The minimum absolute atomic E-state index is 0.0542. The first-order chi connectivity index (χ1) is 7.20. The predicted molar refractivity (Wildman–Crippen MR) is 58.4 cm³/mol. The zero-order valence-corrected chi connectivity index (χ0v) is 9.58. The molecule has 2 heterocycles. The lowest BCUT2D eigenvalue weighted by molar-refractivity contribution is -0.117. The summed E-state index contributed by atoms with van der Waals surface area (Å²) in [5, 5.41) is 0.802. The van der Waals surface area contributed by atoms with E-state index in [1.807, 2.05) is 0 Å². The Morgan fingerprint density at radius 2 is 2.40 bits per heavy atom. The average molecular weight is 273 g/mol. The number of anilines is 1. The molecule has 1 saturated heterocycles. The highest BCUT2D eigenvalue weighted by Gasteiger charge is 2.30. The van der Waals surface area contributed by atoms with Gasteiger partial charge < -0.3 is 0 Å². The number of rotatable bonds is 2. The summed E-state index contributed by atoms with van der Waals surface area (Å²) in [6.07, 6.45) is 1.66. The SMILES string of the molecule is O=C1CC(CBr)CN1c1ccc(F)cn1. The fraction of sp³-hybridized carbons (Fsp3) is 0.400. The Morgan fingerprint density at radius 1 is 1.60 bits per heavy atom. The molecule has 1 amide bonds. The Kier molecular flexibility index (Phi) is 3.00. The number of alkyl halides is 1. The number of hydrogen-bond donors (Lipinski definition) is 0. The molecule has 2 rings (SSSR count). The Labute approximate surface area is 95.4 Å². The van der Waals surface area contributed by atoms with Crippen LogP contribution in [0.2, 0.25) is 0 Å². The van der Waals surface area contributed by atoms with Crippen LogP contribution in [0.3, 0.4) is 0 Å². The second kappa shape index (κ2) is 4.26. The summed E-state index contributed by atoms with van der Waals surface area (Å²) >= 11 is 3.36. The van der Waals surface area contributed by atoms with Crippen LogP contribution in [-0.4, -0.2) is 22.8 Å². The quantitative estimate of drug-likeness (QED) is 0.772. The van der Waals surface area contributed by atoms with E-state index in [1.54, 1.807) is 4.90 Å². The maximum atomic E-state index is 12.6. The van der Waals surface area contributed by atoms with E-state index in [9.17, 15) is 9.18 Å². The highest BCUT2D eigenvalue weighted by atomic mass is 79.9. The molecule has 80 valence electrons.